The molecule has 1 aliphatic heterocycles. The molecule has 4 nitrogen and oxygen atoms in total. The van der Waals surface area contributed by atoms with Crippen molar-refractivity contribution >= 4 is 30.7 Å². The molecule has 0 unspecified atom stereocenters. The van der Waals surface area contributed by atoms with Gasteiger partial charge >= 0.3 is 0 Å². The average molecular weight is 368 g/mol. The molecule has 0 spiro atoms. The van der Waals surface area contributed by atoms with Crippen LogP contribution in [0.15, 0.2) is 0 Å². The number of amides is 1. The molecule has 6 heteroatoms. The van der Waals surface area contributed by atoms with Crippen molar-refractivity contribution in [3.63, 3.8) is 0 Å². The van der Waals surface area contributed by atoms with Crippen LogP contribution in [0.3, 0.4) is 0 Å². The first-order valence-electron chi connectivity index (χ1n) is 8.83. The summed E-state index contributed by atoms with van der Waals surface area (Å²) in [4.78, 5) is 16.8. The number of piperazine rings is 1. The standard InChI is InChI=1S/C17H33N3O.2ClH/c1-14(2)12-16(18)17(21)20-10-8-19(9-11-20)13-15-6-4-3-5-7-15;;/h14-16H,3-13,18H2,1-2H3;2*1H/t16-;;/m0../s1. The number of rotatable bonds is 5. The largest absolute Gasteiger partial charge is 0.339 e. The smallest absolute Gasteiger partial charge is 0.239 e. The zero-order valence-corrected chi connectivity index (χ0v) is 16.3. The van der Waals surface area contributed by atoms with Gasteiger partial charge in [0.1, 0.15) is 0 Å². The normalized spacial score (nSPS) is 21.5. The molecule has 0 bridgehead atoms. The Labute approximate surface area is 154 Å². The van der Waals surface area contributed by atoms with E-state index in [2.05, 4.69) is 18.7 Å². The molecule has 1 amide bonds. The van der Waals surface area contributed by atoms with Crippen LogP contribution in [0.2, 0.25) is 0 Å². The number of hydrogen-bond acceptors (Lipinski definition) is 3. The fourth-order valence-electron chi connectivity index (χ4n) is 3.73. The number of halogens is 2. The molecule has 1 saturated heterocycles. The van der Waals surface area contributed by atoms with Crippen molar-refractivity contribution in [2.75, 3.05) is 32.7 Å². The molecular weight excluding hydrogens is 333 g/mol. The van der Waals surface area contributed by atoms with Crippen LogP contribution >= 0.6 is 24.8 Å². The second kappa shape index (κ2) is 11.5. The predicted molar refractivity (Wildman–Crippen MR) is 102 cm³/mol. The van der Waals surface area contributed by atoms with Crippen LogP contribution < -0.4 is 5.73 Å². The van der Waals surface area contributed by atoms with Crippen molar-refractivity contribution in [1.82, 2.24) is 9.80 Å². The zero-order valence-electron chi connectivity index (χ0n) is 14.7. The van der Waals surface area contributed by atoms with Gasteiger partial charge in [-0.2, -0.15) is 0 Å². The number of nitrogens with zero attached hydrogens (tertiary/aromatic N) is 2. The van der Waals surface area contributed by atoms with Crippen LogP contribution in [0, 0.1) is 11.8 Å². The summed E-state index contributed by atoms with van der Waals surface area (Å²) in [5.74, 6) is 1.53. The fourth-order valence-corrected chi connectivity index (χ4v) is 3.73. The highest BCUT2D eigenvalue weighted by Crippen LogP contribution is 2.24. The summed E-state index contributed by atoms with van der Waals surface area (Å²) in [5, 5.41) is 0. The maximum absolute atomic E-state index is 12.3. The molecule has 2 aliphatic rings. The molecule has 2 N–H and O–H groups in total. The van der Waals surface area contributed by atoms with Gasteiger partial charge in [0.05, 0.1) is 6.04 Å². The summed E-state index contributed by atoms with van der Waals surface area (Å²) in [6.07, 6.45) is 7.84. The van der Waals surface area contributed by atoms with Gasteiger partial charge in [0, 0.05) is 32.7 Å². The summed E-state index contributed by atoms with van der Waals surface area (Å²) in [5.41, 5.74) is 6.03. The Balaban J connectivity index is 0.00000242. The van der Waals surface area contributed by atoms with Crippen LogP contribution in [0.5, 0.6) is 0 Å². The second-order valence-corrected chi connectivity index (χ2v) is 7.37. The SMILES string of the molecule is CC(C)C[C@H](N)C(=O)N1CCN(CC2CCCCC2)CC1.Cl.Cl. The van der Waals surface area contributed by atoms with E-state index in [9.17, 15) is 4.79 Å². The zero-order chi connectivity index (χ0) is 15.2. The van der Waals surface area contributed by atoms with E-state index in [4.69, 9.17) is 5.73 Å². The molecule has 23 heavy (non-hydrogen) atoms. The van der Waals surface area contributed by atoms with E-state index in [1.165, 1.54) is 38.6 Å². The van der Waals surface area contributed by atoms with Gasteiger partial charge in [0.15, 0.2) is 0 Å². The minimum absolute atomic E-state index is 0. The van der Waals surface area contributed by atoms with Crippen LogP contribution in [-0.4, -0.2) is 54.5 Å². The lowest BCUT2D eigenvalue weighted by Gasteiger charge is -2.38. The third kappa shape index (κ3) is 7.59. The van der Waals surface area contributed by atoms with Gasteiger partial charge in [-0.15, -0.1) is 24.8 Å². The highest BCUT2D eigenvalue weighted by Gasteiger charge is 2.26. The Bertz CT molecular complexity index is 328. The van der Waals surface area contributed by atoms with E-state index >= 15 is 0 Å². The van der Waals surface area contributed by atoms with Crippen LogP contribution in [0.4, 0.5) is 0 Å². The summed E-state index contributed by atoms with van der Waals surface area (Å²) < 4.78 is 0. The van der Waals surface area contributed by atoms with Crippen molar-refractivity contribution in [3.8, 4) is 0 Å². The van der Waals surface area contributed by atoms with Gasteiger partial charge in [-0.25, -0.2) is 0 Å². The molecule has 1 saturated carbocycles. The van der Waals surface area contributed by atoms with E-state index in [0.717, 1.165) is 38.5 Å². The van der Waals surface area contributed by atoms with Crippen molar-refractivity contribution in [2.24, 2.45) is 17.6 Å². The predicted octanol–water partition coefficient (Wildman–Crippen LogP) is 2.93. The minimum atomic E-state index is -0.310. The first-order chi connectivity index (χ1) is 10.1. The lowest BCUT2D eigenvalue weighted by atomic mass is 9.89. The summed E-state index contributed by atoms with van der Waals surface area (Å²) >= 11 is 0. The van der Waals surface area contributed by atoms with Gasteiger partial charge in [-0.1, -0.05) is 33.1 Å². The monoisotopic (exact) mass is 367 g/mol. The number of carbonyl (C=O) groups excluding carboxylic acids is 1. The highest BCUT2D eigenvalue weighted by molar-refractivity contribution is 5.85. The van der Waals surface area contributed by atoms with E-state index in [1.807, 2.05) is 4.90 Å². The van der Waals surface area contributed by atoms with E-state index in [1.54, 1.807) is 0 Å². The van der Waals surface area contributed by atoms with Crippen LogP contribution in [-0.2, 0) is 4.79 Å². The summed E-state index contributed by atoms with van der Waals surface area (Å²) in [6.45, 7) is 9.24. The molecule has 0 radical (unpaired) electrons. The van der Waals surface area contributed by atoms with Gasteiger partial charge in [-0.05, 0) is 31.1 Å². The maximum atomic E-state index is 12.3. The van der Waals surface area contributed by atoms with Gasteiger partial charge < -0.3 is 10.6 Å². The van der Waals surface area contributed by atoms with Crippen molar-refractivity contribution in [2.45, 2.75) is 58.4 Å². The van der Waals surface area contributed by atoms with Crippen molar-refractivity contribution in [1.29, 1.82) is 0 Å². The van der Waals surface area contributed by atoms with E-state index in [0.29, 0.717) is 5.92 Å². The first-order valence-corrected chi connectivity index (χ1v) is 8.83. The molecule has 1 heterocycles. The van der Waals surface area contributed by atoms with E-state index in [-0.39, 0.29) is 36.8 Å². The molecule has 0 aromatic rings. The summed E-state index contributed by atoms with van der Waals surface area (Å²) in [6, 6.07) is -0.310. The Hall–Kier alpha value is -0.0300. The number of nitrogens with two attached hydrogens (primary N) is 1. The molecule has 1 aliphatic carbocycles. The van der Waals surface area contributed by atoms with Crippen LogP contribution in [0.25, 0.3) is 0 Å². The minimum Gasteiger partial charge on any atom is -0.339 e. The Morgan fingerprint density at radius 2 is 1.61 bits per heavy atom. The molecule has 0 aromatic heterocycles. The molecule has 1 atom stereocenters. The van der Waals surface area contributed by atoms with Crippen molar-refractivity contribution < 1.29 is 4.79 Å². The van der Waals surface area contributed by atoms with Gasteiger partial charge in [0.2, 0.25) is 5.91 Å². The Morgan fingerprint density at radius 1 is 1.04 bits per heavy atom. The first kappa shape index (κ1) is 23.0. The maximum Gasteiger partial charge on any atom is 0.239 e. The highest BCUT2D eigenvalue weighted by atomic mass is 35.5. The summed E-state index contributed by atoms with van der Waals surface area (Å²) in [7, 11) is 0. The lowest BCUT2D eigenvalue weighted by molar-refractivity contribution is -0.134. The van der Waals surface area contributed by atoms with Gasteiger partial charge in [-0.3, -0.25) is 9.69 Å². The molecular formula is C17H35Cl2N3O. The quantitative estimate of drug-likeness (QED) is 0.812. The molecule has 0 aromatic carbocycles. The molecule has 2 fully saturated rings. The molecule has 138 valence electrons. The van der Waals surface area contributed by atoms with Crippen LogP contribution in [0.1, 0.15) is 52.4 Å². The Morgan fingerprint density at radius 3 is 2.13 bits per heavy atom. The fraction of sp³-hybridized carbons (Fsp3) is 0.941. The third-order valence-corrected chi connectivity index (χ3v) is 4.97. The number of hydrogen-bond donors (Lipinski definition) is 1. The van der Waals surface area contributed by atoms with E-state index < -0.39 is 0 Å². The topological polar surface area (TPSA) is 49.6 Å². The Kier molecular flexibility index (Phi) is 11.5. The average Bonchev–Trinajstić information content (AvgIpc) is 2.47. The van der Waals surface area contributed by atoms with Crippen molar-refractivity contribution in [3.05, 3.63) is 0 Å². The van der Waals surface area contributed by atoms with Gasteiger partial charge in [0.25, 0.3) is 0 Å². The molecule has 2 rings (SSSR count). The second-order valence-electron chi connectivity index (χ2n) is 7.37. The number of carbonyl (C=O) groups is 1. The lowest BCUT2D eigenvalue weighted by Crippen LogP contribution is -2.54. The third-order valence-electron chi connectivity index (χ3n) is 4.97.